The summed E-state index contributed by atoms with van der Waals surface area (Å²) in [6.07, 6.45) is 0. The molecule has 0 bridgehead atoms. The molecule has 0 aromatic heterocycles. The van der Waals surface area contributed by atoms with E-state index in [0.29, 0.717) is 19.0 Å². The third-order valence-electron chi connectivity index (χ3n) is 2.67. The number of hydrogen-bond donors (Lipinski definition) is 1. The Bertz CT molecular complexity index is 484. The zero-order chi connectivity index (χ0) is 13.8. The fraction of sp³-hybridized carbons (Fsp3) is 0.538. The Labute approximate surface area is 110 Å². The maximum Gasteiger partial charge on any atom is 0.218 e. The van der Waals surface area contributed by atoms with Gasteiger partial charge >= 0.3 is 0 Å². The highest BCUT2D eigenvalue weighted by Gasteiger charge is 2.19. The summed E-state index contributed by atoms with van der Waals surface area (Å²) in [5.41, 5.74) is 7.29. The second kappa shape index (κ2) is 6.31. The van der Waals surface area contributed by atoms with Crippen LogP contribution in [0, 0.1) is 5.92 Å². The maximum atomic E-state index is 12.1. The van der Waals surface area contributed by atoms with Gasteiger partial charge in [0.1, 0.15) is 0 Å². The molecule has 0 aliphatic heterocycles. The summed E-state index contributed by atoms with van der Waals surface area (Å²) in [6, 6.07) is 7.41. The van der Waals surface area contributed by atoms with Gasteiger partial charge in [-0.2, -0.15) is 0 Å². The van der Waals surface area contributed by atoms with Gasteiger partial charge in [0.2, 0.25) is 10.0 Å². The highest BCUT2D eigenvalue weighted by atomic mass is 32.2. The molecule has 0 amide bonds. The second-order valence-electron chi connectivity index (χ2n) is 4.95. The molecular formula is C13H22N2O2S. The van der Waals surface area contributed by atoms with Crippen LogP contribution in [0.25, 0.3) is 0 Å². The molecule has 1 aromatic rings. The SMILES string of the molecule is CC(C)CN(C)S(=O)(=O)Cc1cccc(CN)c1. The molecular weight excluding hydrogens is 248 g/mol. The fourth-order valence-corrected chi connectivity index (χ4v) is 3.14. The molecule has 0 heterocycles. The van der Waals surface area contributed by atoms with Gasteiger partial charge in [-0.1, -0.05) is 38.1 Å². The smallest absolute Gasteiger partial charge is 0.218 e. The van der Waals surface area contributed by atoms with Crippen molar-refractivity contribution < 1.29 is 8.42 Å². The van der Waals surface area contributed by atoms with Crippen LogP contribution < -0.4 is 5.73 Å². The van der Waals surface area contributed by atoms with E-state index >= 15 is 0 Å². The van der Waals surface area contributed by atoms with Crippen LogP contribution in [0.2, 0.25) is 0 Å². The van der Waals surface area contributed by atoms with E-state index in [1.165, 1.54) is 4.31 Å². The Balaban J connectivity index is 2.81. The first kappa shape index (κ1) is 15.1. The number of nitrogens with zero attached hydrogens (tertiary/aromatic N) is 1. The van der Waals surface area contributed by atoms with E-state index in [-0.39, 0.29) is 5.75 Å². The highest BCUT2D eigenvalue weighted by Crippen LogP contribution is 2.12. The minimum absolute atomic E-state index is 0.0318. The molecule has 0 radical (unpaired) electrons. The van der Waals surface area contributed by atoms with E-state index in [9.17, 15) is 8.42 Å². The Kier molecular flexibility index (Phi) is 5.31. The van der Waals surface area contributed by atoms with Crippen molar-refractivity contribution in [2.24, 2.45) is 11.7 Å². The Morgan fingerprint density at radius 1 is 1.28 bits per heavy atom. The van der Waals surface area contributed by atoms with Crippen LogP contribution >= 0.6 is 0 Å². The van der Waals surface area contributed by atoms with Gasteiger partial charge < -0.3 is 5.73 Å². The molecule has 0 saturated carbocycles. The summed E-state index contributed by atoms with van der Waals surface area (Å²) >= 11 is 0. The first-order valence-corrected chi connectivity index (χ1v) is 7.68. The molecule has 5 heteroatoms. The third-order valence-corrected chi connectivity index (χ3v) is 4.47. The second-order valence-corrected chi connectivity index (χ2v) is 7.03. The van der Waals surface area contributed by atoms with Gasteiger partial charge in [0.05, 0.1) is 5.75 Å². The van der Waals surface area contributed by atoms with Crippen LogP contribution in [0.4, 0.5) is 0 Å². The molecule has 0 unspecified atom stereocenters. The standard InChI is InChI=1S/C13H22N2O2S/c1-11(2)9-15(3)18(16,17)10-13-6-4-5-12(7-13)8-14/h4-7,11H,8-10,14H2,1-3H3. The van der Waals surface area contributed by atoms with Gasteiger partial charge in [-0.25, -0.2) is 12.7 Å². The predicted molar refractivity (Wildman–Crippen MR) is 74.4 cm³/mol. The monoisotopic (exact) mass is 270 g/mol. The molecule has 0 saturated heterocycles. The first-order chi connectivity index (χ1) is 8.35. The van der Waals surface area contributed by atoms with Crippen molar-refractivity contribution in [3.8, 4) is 0 Å². The van der Waals surface area contributed by atoms with Gasteiger partial charge in [0.15, 0.2) is 0 Å². The van der Waals surface area contributed by atoms with E-state index in [4.69, 9.17) is 5.73 Å². The number of rotatable bonds is 6. The molecule has 18 heavy (non-hydrogen) atoms. The Morgan fingerprint density at radius 3 is 2.44 bits per heavy atom. The summed E-state index contributed by atoms with van der Waals surface area (Å²) in [5, 5.41) is 0. The third kappa shape index (κ3) is 4.40. The molecule has 1 aromatic carbocycles. The zero-order valence-electron chi connectivity index (χ0n) is 11.3. The van der Waals surface area contributed by atoms with Crippen molar-refractivity contribution in [1.29, 1.82) is 0 Å². The lowest BCUT2D eigenvalue weighted by molar-refractivity contribution is 0.416. The minimum atomic E-state index is -3.24. The van der Waals surface area contributed by atoms with E-state index in [0.717, 1.165) is 11.1 Å². The molecule has 0 aliphatic carbocycles. The van der Waals surface area contributed by atoms with Crippen molar-refractivity contribution in [2.75, 3.05) is 13.6 Å². The lowest BCUT2D eigenvalue weighted by atomic mass is 10.1. The van der Waals surface area contributed by atoms with E-state index in [2.05, 4.69) is 0 Å². The Morgan fingerprint density at radius 2 is 1.89 bits per heavy atom. The molecule has 0 spiro atoms. The van der Waals surface area contributed by atoms with Gasteiger partial charge in [0, 0.05) is 20.1 Å². The largest absolute Gasteiger partial charge is 0.326 e. The first-order valence-electron chi connectivity index (χ1n) is 6.07. The van der Waals surface area contributed by atoms with Gasteiger partial charge in [-0.3, -0.25) is 0 Å². The molecule has 0 atom stereocenters. The van der Waals surface area contributed by atoms with Crippen LogP contribution in [0.5, 0.6) is 0 Å². The summed E-state index contributed by atoms with van der Waals surface area (Å²) in [7, 11) is -1.61. The number of sulfonamides is 1. The number of nitrogens with two attached hydrogens (primary N) is 1. The molecule has 4 nitrogen and oxygen atoms in total. The zero-order valence-corrected chi connectivity index (χ0v) is 12.1. The lowest BCUT2D eigenvalue weighted by Crippen LogP contribution is -2.31. The van der Waals surface area contributed by atoms with Crippen molar-refractivity contribution in [3.05, 3.63) is 35.4 Å². The summed E-state index contributed by atoms with van der Waals surface area (Å²) in [5.74, 6) is 0.351. The molecule has 0 aliphatic rings. The van der Waals surface area contributed by atoms with E-state index < -0.39 is 10.0 Å². The summed E-state index contributed by atoms with van der Waals surface area (Å²) in [4.78, 5) is 0. The van der Waals surface area contributed by atoms with E-state index in [1.807, 2.05) is 38.1 Å². The van der Waals surface area contributed by atoms with Crippen molar-refractivity contribution in [2.45, 2.75) is 26.1 Å². The average Bonchev–Trinajstić information content (AvgIpc) is 2.27. The quantitative estimate of drug-likeness (QED) is 0.853. The summed E-state index contributed by atoms with van der Waals surface area (Å²) < 4.78 is 25.7. The Hall–Kier alpha value is -0.910. The van der Waals surface area contributed by atoms with Crippen LogP contribution in [0.3, 0.4) is 0 Å². The van der Waals surface area contributed by atoms with Crippen molar-refractivity contribution in [1.82, 2.24) is 4.31 Å². The van der Waals surface area contributed by atoms with Gasteiger partial charge in [0.25, 0.3) is 0 Å². The fourth-order valence-electron chi connectivity index (χ4n) is 1.80. The minimum Gasteiger partial charge on any atom is -0.326 e. The van der Waals surface area contributed by atoms with Crippen molar-refractivity contribution in [3.63, 3.8) is 0 Å². The number of benzene rings is 1. The maximum absolute atomic E-state index is 12.1. The molecule has 0 fully saturated rings. The van der Waals surface area contributed by atoms with Gasteiger partial charge in [-0.15, -0.1) is 0 Å². The molecule has 1 rings (SSSR count). The highest BCUT2D eigenvalue weighted by molar-refractivity contribution is 7.88. The van der Waals surface area contributed by atoms with Crippen LogP contribution in [-0.4, -0.2) is 26.3 Å². The molecule has 102 valence electrons. The van der Waals surface area contributed by atoms with Crippen LogP contribution in [-0.2, 0) is 22.3 Å². The summed E-state index contributed by atoms with van der Waals surface area (Å²) in [6.45, 7) is 4.97. The normalized spacial score (nSPS) is 12.3. The van der Waals surface area contributed by atoms with Crippen LogP contribution in [0.1, 0.15) is 25.0 Å². The average molecular weight is 270 g/mol. The lowest BCUT2D eigenvalue weighted by Gasteiger charge is -2.19. The van der Waals surface area contributed by atoms with Crippen LogP contribution in [0.15, 0.2) is 24.3 Å². The topological polar surface area (TPSA) is 63.4 Å². The van der Waals surface area contributed by atoms with E-state index in [1.54, 1.807) is 7.05 Å². The number of hydrogen-bond acceptors (Lipinski definition) is 3. The predicted octanol–water partition coefficient (Wildman–Crippen LogP) is 1.56. The van der Waals surface area contributed by atoms with Crippen molar-refractivity contribution >= 4 is 10.0 Å². The molecule has 2 N–H and O–H groups in total. The van der Waals surface area contributed by atoms with Gasteiger partial charge in [-0.05, 0) is 17.0 Å².